The highest BCUT2D eigenvalue weighted by atomic mass is 32.2. The minimum Gasteiger partial charge on any atom is -0.207 e. The molecule has 1 aromatic rings. The number of hydrogen-bond donors (Lipinski definition) is 0. The molecule has 0 N–H and O–H groups in total. The van der Waals surface area contributed by atoms with Gasteiger partial charge in [-0.15, -0.1) is 0 Å². The lowest BCUT2D eigenvalue weighted by atomic mass is 10.0. The van der Waals surface area contributed by atoms with Gasteiger partial charge in [0.2, 0.25) is 10.0 Å². The topological polar surface area (TPSA) is 37.4 Å². The van der Waals surface area contributed by atoms with E-state index >= 15 is 0 Å². The lowest BCUT2D eigenvalue weighted by molar-refractivity contribution is 0.288. The van der Waals surface area contributed by atoms with E-state index in [9.17, 15) is 8.42 Å². The molecular formula is C15H23NO2S. The normalized spacial score (nSPS) is 18.7. The fourth-order valence-corrected chi connectivity index (χ4v) is 4.34. The Balaban J connectivity index is 2.37. The van der Waals surface area contributed by atoms with Gasteiger partial charge >= 0.3 is 0 Å². The molecule has 106 valence electrons. The smallest absolute Gasteiger partial charge is 0.207 e. The Morgan fingerprint density at radius 2 is 1.53 bits per heavy atom. The van der Waals surface area contributed by atoms with Crippen molar-refractivity contribution in [1.29, 1.82) is 0 Å². The van der Waals surface area contributed by atoms with Gasteiger partial charge in [-0.2, -0.15) is 4.31 Å². The molecule has 0 aliphatic carbocycles. The van der Waals surface area contributed by atoms with E-state index in [1.165, 1.54) is 0 Å². The standard InChI is InChI=1S/C15H23NO2S/c1-11-5-7-16(8-6-11)19(17,18)15-10-13(3)12(2)9-14(15)4/h9-11H,5-8H2,1-4H3. The number of piperidine rings is 1. The lowest BCUT2D eigenvalue weighted by Crippen LogP contribution is -2.38. The summed E-state index contributed by atoms with van der Waals surface area (Å²) in [6.07, 6.45) is 1.92. The second-order valence-corrected chi connectivity index (χ2v) is 7.69. The average molecular weight is 281 g/mol. The number of benzene rings is 1. The first-order valence-corrected chi connectivity index (χ1v) is 8.34. The number of rotatable bonds is 2. The van der Waals surface area contributed by atoms with E-state index < -0.39 is 10.0 Å². The lowest BCUT2D eigenvalue weighted by Gasteiger charge is -2.30. The van der Waals surface area contributed by atoms with Gasteiger partial charge in [0.15, 0.2) is 0 Å². The van der Waals surface area contributed by atoms with E-state index in [0.29, 0.717) is 23.9 Å². The van der Waals surface area contributed by atoms with Crippen LogP contribution in [0.5, 0.6) is 0 Å². The Morgan fingerprint density at radius 1 is 1.00 bits per heavy atom. The first-order valence-electron chi connectivity index (χ1n) is 6.90. The zero-order chi connectivity index (χ0) is 14.2. The highest BCUT2D eigenvalue weighted by Crippen LogP contribution is 2.27. The molecule has 0 amide bonds. The third-order valence-corrected chi connectivity index (χ3v) is 6.19. The van der Waals surface area contributed by atoms with Gasteiger partial charge in [0.05, 0.1) is 4.90 Å². The Labute approximate surface area is 116 Å². The summed E-state index contributed by atoms with van der Waals surface area (Å²) in [5.74, 6) is 0.632. The van der Waals surface area contributed by atoms with Crippen LogP contribution in [0.3, 0.4) is 0 Å². The molecule has 0 saturated carbocycles. The molecular weight excluding hydrogens is 258 g/mol. The summed E-state index contributed by atoms with van der Waals surface area (Å²) in [5, 5.41) is 0. The van der Waals surface area contributed by atoms with Crippen molar-refractivity contribution in [2.75, 3.05) is 13.1 Å². The molecule has 1 saturated heterocycles. The number of hydrogen-bond acceptors (Lipinski definition) is 2. The molecule has 1 aliphatic rings. The predicted molar refractivity (Wildman–Crippen MR) is 77.8 cm³/mol. The van der Waals surface area contributed by atoms with Crippen molar-refractivity contribution >= 4 is 10.0 Å². The summed E-state index contributed by atoms with van der Waals surface area (Å²) in [7, 11) is -3.32. The first kappa shape index (κ1) is 14.5. The van der Waals surface area contributed by atoms with Gasteiger partial charge in [-0.3, -0.25) is 0 Å². The monoisotopic (exact) mass is 281 g/mol. The molecule has 1 heterocycles. The third kappa shape index (κ3) is 2.84. The van der Waals surface area contributed by atoms with Gasteiger partial charge < -0.3 is 0 Å². The third-order valence-electron chi connectivity index (χ3n) is 4.15. The largest absolute Gasteiger partial charge is 0.243 e. The van der Waals surface area contributed by atoms with Crippen LogP contribution >= 0.6 is 0 Å². The second kappa shape index (κ2) is 5.25. The average Bonchev–Trinajstić information content (AvgIpc) is 2.34. The van der Waals surface area contributed by atoms with Crippen LogP contribution in [0.25, 0.3) is 0 Å². The molecule has 3 nitrogen and oxygen atoms in total. The Bertz CT molecular complexity index is 570. The van der Waals surface area contributed by atoms with E-state index in [2.05, 4.69) is 6.92 Å². The minimum absolute atomic E-state index is 0.477. The summed E-state index contributed by atoms with van der Waals surface area (Å²) in [4.78, 5) is 0.477. The van der Waals surface area contributed by atoms with Crippen LogP contribution in [0.15, 0.2) is 17.0 Å². The molecule has 2 rings (SSSR count). The molecule has 1 aromatic carbocycles. The van der Waals surface area contributed by atoms with Crippen LogP contribution in [0.1, 0.15) is 36.5 Å². The number of nitrogens with zero attached hydrogens (tertiary/aromatic N) is 1. The highest BCUT2D eigenvalue weighted by Gasteiger charge is 2.29. The molecule has 1 aliphatic heterocycles. The van der Waals surface area contributed by atoms with Crippen molar-refractivity contribution in [3.05, 3.63) is 28.8 Å². The SMILES string of the molecule is Cc1cc(C)c(S(=O)(=O)N2CCC(C)CC2)cc1C. The molecule has 0 aromatic heterocycles. The summed E-state index contributed by atoms with van der Waals surface area (Å²) in [6, 6.07) is 3.78. The molecule has 4 heteroatoms. The number of aryl methyl sites for hydroxylation is 3. The molecule has 0 radical (unpaired) electrons. The maximum atomic E-state index is 12.7. The fraction of sp³-hybridized carbons (Fsp3) is 0.600. The first-order chi connectivity index (χ1) is 8.82. The zero-order valence-electron chi connectivity index (χ0n) is 12.2. The highest BCUT2D eigenvalue weighted by molar-refractivity contribution is 7.89. The fourth-order valence-electron chi connectivity index (χ4n) is 2.58. The maximum absolute atomic E-state index is 12.7. The van der Waals surface area contributed by atoms with Crippen molar-refractivity contribution in [2.24, 2.45) is 5.92 Å². The summed E-state index contributed by atoms with van der Waals surface area (Å²) in [6.45, 7) is 9.34. The van der Waals surface area contributed by atoms with Gasteiger partial charge in [-0.1, -0.05) is 13.0 Å². The quantitative estimate of drug-likeness (QED) is 0.835. The van der Waals surface area contributed by atoms with Gasteiger partial charge in [0, 0.05) is 13.1 Å². The van der Waals surface area contributed by atoms with Crippen LogP contribution in [0.2, 0.25) is 0 Å². The Morgan fingerprint density at radius 3 is 2.11 bits per heavy atom. The molecule has 0 bridgehead atoms. The number of sulfonamides is 1. The predicted octanol–water partition coefficient (Wildman–Crippen LogP) is 3.03. The Hall–Kier alpha value is -0.870. The van der Waals surface area contributed by atoms with Crippen molar-refractivity contribution in [1.82, 2.24) is 4.31 Å². The summed E-state index contributed by atoms with van der Waals surface area (Å²) < 4.78 is 27.1. The van der Waals surface area contributed by atoms with Gasteiger partial charge in [-0.25, -0.2) is 8.42 Å². The van der Waals surface area contributed by atoms with Gasteiger partial charge in [-0.05, 0) is 62.3 Å². The van der Waals surface area contributed by atoms with E-state index in [1.54, 1.807) is 4.31 Å². The van der Waals surface area contributed by atoms with Crippen molar-refractivity contribution in [2.45, 2.75) is 45.4 Å². The molecule has 0 unspecified atom stereocenters. The van der Waals surface area contributed by atoms with Crippen LogP contribution in [-0.2, 0) is 10.0 Å². The maximum Gasteiger partial charge on any atom is 0.243 e. The van der Waals surface area contributed by atoms with Crippen molar-refractivity contribution in [3.63, 3.8) is 0 Å². The van der Waals surface area contributed by atoms with E-state index in [0.717, 1.165) is 29.5 Å². The van der Waals surface area contributed by atoms with Crippen LogP contribution < -0.4 is 0 Å². The van der Waals surface area contributed by atoms with E-state index in [4.69, 9.17) is 0 Å². The van der Waals surface area contributed by atoms with Crippen LogP contribution in [-0.4, -0.2) is 25.8 Å². The van der Waals surface area contributed by atoms with E-state index in [1.807, 2.05) is 32.9 Å². The summed E-state index contributed by atoms with van der Waals surface area (Å²) >= 11 is 0. The Kier molecular flexibility index (Phi) is 4.02. The van der Waals surface area contributed by atoms with Crippen molar-refractivity contribution in [3.8, 4) is 0 Å². The molecule has 0 atom stereocenters. The van der Waals surface area contributed by atoms with Crippen LogP contribution in [0.4, 0.5) is 0 Å². The van der Waals surface area contributed by atoms with Crippen molar-refractivity contribution < 1.29 is 8.42 Å². The van der Waals surface area contributed by atoms with Gasteiger partial charge in [0.1, 0.15) is 0 Å². The molecule has 19 heavy (non-hydrogen) atoms. The van der Waals surface area contributed by atoms with Crippen LogP contribution in [0, 0.1) is 26.7 Å². The van der Waals surface area contributed by atoms with Gasteiger partial charge in [0.25, 0.3) is 0 Å². The molecule has 1 fully saturated rings. The zero-order valence-corrected chi connectivity index (χ0v) is 13.0. The summed E-state index contributed by atoms with van der Waals surface area (Å²) in [5.41, 5.74) is 3.03. The molecule has 0 spiro atoms. The minimum atomic E-state index is -3.32. The second-order valence-electron chi connectivity index (χ2n) is 5.79. The van der Waals surface area contributed by atoms with E-state index in [-0.39, 0.29) is 0 Å².